The van der Waals surface area contributed by atoms with Gasteiger partial charge in [-0.25, -0.2) is 0 Å². The standard InChI is InChI=1S/C9H15N3O/c1-7-9(5-10-12-7)11-8-3-2-4-13-6-8/h5,8,11H,2-4,6H2,1H3,(H,10,12). The lowest BCUT2D eigenvalue weighted by molar-refractivity contribution is 0.0876. The second-order valence-corrected chi connectivity index (χ2v) is 3.47. The van der Waals surface area contributed by atoms with Gasteiger partial charge >= 0.3 is 0 Å². The van der Waals surface area contributed by atoms with Crippen LogP contribution in [0.1, 0.15) is 18.5 Å². The van der Waals surface area contributed by atoms with Gasteiger partial charge in [0.2, 0.25) is 0 Å². The Morgan fingerprint density at radius 1 is 1.69 bits per heavy atom. The van der Waals surface area contributed by atoms with Crippen molar-refractivity contribution >= 4 is 5.69 Å². The van der Waals surface area contributed by atoms with Gasteiger partial charge in [0, 0.05) is 12.6 Å². The molecule has 4 nitrogen and oxygen atoms in total. The molecule has 13 heavy (non-hydrogen) atoms. The zero-order valence-corrected chi connectivity index (χ0v) is 7.84. The maximum Gasteiger partial charge on any atom is 0.0756 e. The summed E-state index contributed by atoms with van der Waals surface area (Å²) >= 11 is 0. The SMILES string of the molecule is Cc1[nH]ncc1NC1CCCOC1. The smallest absolute Gasteiger partial charge is 0.0756 e. The molecule has 4 heteroatoms. The molecule has 1 atom stereocenters. The number of aromatic nitrogens is 2. The molecule has 2 heterocycles. The van der Waals surface area contributed by atoms with Crippen molar-refractivity contribution in [3.8, 4) is 0 Å². The van der Waals surface area contributed by atoms with Crippen LogP contribution in [-0.2, 0) is 4.74 Å². The molecule has 2 N–H and O–H groups in total. The molecule has 72 valence electrons. The van der Waals surface area contributed by atoms with Crippen molar-refractivity contribution in [2.45, 2.75) is 25.8 Å². The van der Waals surface area contributed by atoms with E-state index in [0.29, 0.717) is 6.04 Å². The Morgan fingerprint density at radius 2 is 2.62 bits per heavy atom. The van der Waals surface area contributed by atoms with E-state index >= 15 is 0 Å². The number of ether oxygens (including phenoxy) is 1. The summed E-state index contributed by atoms with van der Waals surface area (Å²) in [5, 5.41) is 10.3. The van der Waals surface area contributed by atoms with Gasteiger partial charge in [-0.3, -0.25) is 5.10 Å². The molecule has 2 rings (SSSR count). The van der Waals surface area contributed by atoms with Crippen molar-refractivity contribution in [3.63, 3.8) is 0 Å². The summed E-state index contributed by atoms with van der Waals surface area (Å²) in [5.41, 5.74) is 2.18. The number of aryl methyl sites for hydroxylation is 1. The van der Waals surface area contributed by atoms with E-state index in [9.17, 15) is 0 Å². The van der Waals surface area contributed by atoms with Crippen LogP contribution in [0.2, 0.25) is 0 Å². The predicted molar refractivity (Wildman–Crippen MR) is 50.8 cm³/mol. The first kappa shape index (κ1) is 8.56. The molecule has 1 unspecified atom stereocenters. The third kappa shape index (κ3) is 2.01. The molecule has 1 aliphatic heterocycles. The van der Waals surface area contributed by atoms with Gasteiger partial charge < -0.3 is 10.1 Å². The highest BCUT2D eigenvalue weighted by Gasteiger charge is 2.14. The number of rotatable bonds is 2. The second kappa shape index (κ2) is 3.79. The van der Waals surface area contributed by atoms with Crippen LogP contribution in [0.3, 0.4) is 0 Å². The van der Waals surface area contributed by atoms with Crippen LogP contribution >= 0.6 is 0 Å². The highest BCUT2D eigenvalue weighted by Crippen LogP contribution is 2.15. The Bertz CT molecular complexity index is 266. The molecule has 0 aromatic carbocycles. The average molecular weight is 181 g/mol. The first-order chi connectivity index (χ1) is 6.36. The fourth-order valence-electron chi connectivity index (χ4n) is 1.57. The third-order valence-electron chi connectivity index (χ3n) is 2.35. The molecular formula is C9H15N3O. The zero-order chi connectivity index (χ0) is 9.10. The van der Waals surface area contributed by atoms with Gasteiger partial charge in [-0.05, 0) is 19.8 Å². The Morgan fingerprint density at radius 3 is 3.23 bits per heavy atom. The number of hydrogen-bond donors (Lipinski definition) is 2. The van der Waals surface area contributed by atoms with Crippen molar-refractivity contribution in [1.82, 2.24) is 10.2 Å². The fourth-order valence-corrected chi connectivity index (χ4v) is 1.57. The number of anilines is 1. The van der Waals surface area contributed by atoms with Gasteiger partial charge in [0.25, 0.3) is 0 Å². The monoisotopic (exact) mass is 181 g/mol. The molecule has 1 aromatic rings. The molecule has 1 fully saturated rings. The van der Waals surface area contributed by atoms with Crippen molar-refractivity contribution in [1.29, 1.82) is 0 Å². The lowest BCUT2D eigenvalue weighted by Crippen LogP contribution is -2.30. The van der Waals surface area contributed by atoms with Gasteiger partial charge in [0.05, 0.1) is 24.2 Å². The van der Waals surface area contributed by atoms with Crippen molar-refractivity contribution in [2.24, 2.45) is 0 Å². The Kier molecular flexibility index (Phi) is 2.49. The number of nitrogens with one attached hydrogen (secondary N) is 2. The van der Waals surface area contributed by atoms with Gasteiger partial charge in [-0.2, -0.15) is 5.10 Å². The van der Waals surface area contributed by atoms with E-state index in [2.05, 4.69) is 15.5 Å². The molecule has 0 radical (unpaired) electrons. The zero-order valence-electron chi connectivity index (χ0n) is 7.84. The van der Waals surface area contributed by atoms with Crippen LogP contribution in [0.15, 0.2) is 6.20 Å². The first-order valence-corrected chi connectivity index (χ1v) is 4.70. The van der Waals surface area contributed by atoms with Gasteiger partial charge in [0.1, 0.15) is 0 Å². The summed E-state index contributed by atoms with van der Waals surface area (Å²) in [7, 11) is 0. The largest absolute Gasteiger partial charge is 0.379 e. The minimum absolute atomic E-state index is 0.449. The third-order valence-corrected chi connectivity index (χ3v) is 2.35. The van der Waals surface area contributed by atoms with Crippen molar-refractivity contribution < 1.29 is 4.74 Å². The van der Waals surface area contributed by atoms with Crippen LogP contribution in [-0.4, -0.2) is 29.5 Å². The van der Waals surface area contributed by atoms with Gasteiger partial charge in [-0.15, -0.1) is 0 Å². The lowest BCUT2D eigenvalue weighted by Gasteiger charge is -2.23. The number of nitrogens with zero attached hydrogens (tertiary/aromatic N) is 1. The number of aromatic amines is 1. The number of hydrogen-bond acceptors (Lipinski definition) is 3. The van der Waals surface area contributed by atoms with Crippen LogP contribution in [0, 0.1) is 6.92 Å². The summed E-state index contributed by atoms with van der Waals surface area (Å²) in [5.74, 6) is 0. The first-order valence-electron chi connectivity index (χ1n) is 4.70. The summed E-state index contributed by atoms with van der Waals surface area (Å²) in [6.45, 7) is 3.73. The van der Waals surface area contributed by atoms with E-state index in [1.54, 1.807) is 0 Å². The topological polar surface area (TPSA) is 49.9 Å². The van der Waals surface area contributed by atoms with E-state index in [4.69, 9.17) is 4.74 Å². The quantitative estimate of drug-likeness (QED) is 0.723. The maximum absolute atomic E-state index is 5.38. The van der Waals surface area contributed by atoms with Crippen molar-refractivity contribution in [2.75, 3.05) is 18.5 Å². The van der Waals surface area contributed by atoms with Gasteiger partial charge in [0.15, 0.2) is 0 Å². The molecule has 0 spiro atoms. The predicted octanol–water partition coefficient (Wildman–Crippen LogP) is 1.31. The van der Waals surface area contributed by atoms with E-state index in [0.717, 1.165) is 31.0 Å². The van der Waals surface area contributed by atoms with E-state index in [1.807, 2.05) is 13.1 Å². The van der Waals surface area contributed by atoms with E-state index in [-0.39, 0.29) is 0 Å². The Balaban J connectivity index is 1.93. The fraction of sp³-hybridized carbons (Fsp3) is 0.667. The molecule has 1 aromatic heterocycles. The molecule has 1 aliphatic rings. The minimum atomic E-state index is 0.449. The summed E-state index contributed by atoms with van der Waals surface area (Å²) < 4.78 is 5.38. The minimum Gasteiger partial charge on any atom is -0.379 e. The van der Waals surface area contributed by atoms with Crippen LogP contribution in [0.5, 0.6) is 0 Å². The maximum atomic E-state index is 5.38. The second-order valence-electron chi connectivity index (χ2n) is 3.47. The van der Waals surface area contributed by atoms with Crippen LogP contribution in [0.25, 0.3) is 0 Å². The molecule has 0 saturated carbocycles. The summed E-state index contributed by atoms with van der Waals surface area (Å²) in [4.78, 5) is 0. The molecule has 0 amide bonds. The van der Waals surface area contributed by atoms with Crippen LogP contribution < -0.4 is 5.32 Å². The summed E-state index contributed by atoms with van der Waals surface area (Å²) in [6.07, 6.45) is 4.16. The molecular weight excluding hydrogens is 166 g/mol. The highest BCUT2D eigenvalue weighted by atomic mass is 16.5. The van der Waals surface area contributed by atoms with E-state index in [1.165, 1.54) is 6.42 Å². The average Bonchev–Trinajstić information content (AvgIpc) is 2.54. The number of H-pyrrole nitrogens is 1. The normalized spacial score (nSPS) is 23.0. The van der Waals surface area contributed by atoms with Gasteiger partial charge in [-0.1, -0.05) is 0 Å². The highest BCUT2D eigenvalue weighted by molar-refractivity contribution is 5.45. The molecule has 0 bridgehead atoms. The Hall–Kier alpha value is -1.03. The lowest BCUT2D eigenvalue weighted by atomic mass is 10.1. The van der Waals surface area contributed by atoms with E-state index < -0.39 is 0 Å². The summed E-state index contributed by atoms with van der Waals surface area (Å²) in [6, 6.07) is 0.449. The Labute approximate surface area is 77.7 Å². The van der Waals surface area contributed by atoms with Crippen molar-refractivity contribution in [3.05, 3.63) is 11.9 Å². The molecule has 0 aliphatic carbocycles. The molecule has 1 saturated heterocycles. The van der Waals surface area contributed by atoms with Crippen LogP contribution in [0.4, 0.5) is 5.69 Å².